The molecule has 19 heavy (non-hydrogen) atoms. The summed E-state index contributed by atoms with van der Waals surface area (Å²) in [6.45, 7) is 0.534. The van der Waals surface area contributed by atoms with Crippen molar-refractivity contribution in [2.75, 3.05) is 7.05 Å². The quantitative estimate of drug-likeness (QED) is 0.385. The monoisotopic (exact) mass is 416 g/mol. The summed E-state index contributed by atoms with van der Waals surface area (Å²) in [5.74, 6) is 0.739. The molecule has 9 heteroatoms. The third-order valence-electron chi connectivity index (χ3n) is 2.49. The van der Waals surface area contributed by atoms with Gasteiger partial charge in [-0.3, -0.25) is 4.99 Å². The lowest BCUT2D eigenvalue weighted by Crippen LogP contribution is -2.37. The van der Waals surface area contributed by atoms with Gasteiger partial charge in [-0.15, -0.1) is 35.3 Å². The van der Waals surface area contributed by atoms with Crippen LogP contribution in [-0.2, 0) is 16.6 Å². The minimum atomic E-state index is -3.59. The number of primary sulfonamides is 1. The Morgan fingerprint density at radius 1 is 1.53 bits per heavy atom. The van der Waals surface area contributed by atoms with Gasteiger partial charge in [0.05, 0.1) is 6.54 Å². The lowest BCUT2D eigenvalue weighted by atomic mass is 10.4. The van der Waals surface area contributed by atoms with Crippen LogP contribution in [0.2, 0.25) is 0 Å². The predicted octanol–water partition coefficient (Wildman–Crippen LogP) is 0.841. The van der Waals surface area contributed by atoms with E-state index >= 15 is 0 Å². The molecule has 0 aliphatic heterocycles. The molecule has 108 valence electrons. The molecule has 1 aliphatic carbocycles. The van der Waals surface area contributed by atoms with Crippen molar-refractivity contribution in [3.05, 3.63) is 17.0 Å². The van der Waals surface area contributed by atoms with E-state index < -0.39 is 10.0 Å². The van der Waals surface area contributed by atoms with Gasteiger partial charge >= 0.3 is 0 Å². The Labute approximate surface area is 133 Å². The van der Waals surface area contributed by atoms with Crippen LogP contribution < -0.4 is 15.8 Å². The maximum absolute atomic E-state index is 11.1. The van der Waals surface area contributed by atoms with Gasteiger partial charge in [0, 0.05) is 18.0 Å². The van der Waals surface area contributed by atoms with Crippen molar-refractivity contribution in [2.45, 2.75) is 29.6 Å². The smallest absolute Gasteiger partial charge is 0.247 e. The van der Waals surface area contributed by atoms with Crippen LogP contribution in [-0.4, -0.2) is 27.5 Å². The number of aliphatic imine (C=N–C) groups is 1. The summed E-state index contributed by atoms with van der Waals surface area (Å²) in [5.41, 5.74) is 0. The Morgan fingerprint density at radius 2 is 2.21 bits per heavy atom. The number of sulfonamides is 1. The molecule has 1 heterocycles. The molecule has 6 nitrogen and oxygen atoms in total. The van der Waals surface area contributed by atoms with Crippen molar-refractivity contribution >= 4 is 51.3 Å². The van der Waals surface area contributed by atoms with Gasteiger partial charge in [0.2, 0.25) is 10.0 Å². The number of nitrogens with one attached hydrogen (secondary N) is 2. The minimum Gasteiger partial charge on any atom is -0.354 e. The summed E-state index contributed by atoms with van der Waals surface area (Å²) in [6.07, 6.45) is 2.35. The number of hydrogen-bond donors (Lipinski definition) is 3. The van der Waals surface area contributed by atoms with Crippen LogP contribution in [0.3, 0.4) is 0 Å². The van der Waals surface area contributed by atoms with Gasteiger partial charge < -0.3 is 10.6 Å². The highest BCUT2D eigenvalue weighted by molar-refractivity contribution is 14.0. The zero-order valence-electron chi connectivity index (χ0n) is 10.4. The summed E-state index contributed by atoms with van der Waals surface area (Å²) in [5, 5.41) is 11.4. The molecule has 0 aromatic carbocycles. The highest BCUT2D eigenvalue weighted by Crippen LogP contribution is 2.20. The van der Waals surface area contributed by atoms with Gasteiger partial charge in [0.1, 0.15) is 4.21 Å². The van der Waals surface area contributed by atoms with E-state index in [1.165, 1.54) is 30.2 Å². The predicted molar refractivity (Wildman–Crippen MR) is 87.5 cm³/mol. The summed E-state index contributed by atoms with van der Waals surface area (Å²) in [4.78, 5) is 5.00. The van der Waals surface area contributed by atoms with Crippen molar-refractivity contribution in [1.82, 2.24) is 10.6 Å². The van der Waals surface area contributed by atoms with Gasteiger partial charge in [-0.1, -0.05) is 0 Å². The average Bonchev–Trinajstić information content (AvgIpc) is 2.97. The standard InChI is InChI=1S/C10H16N4O2S2.HI/c1-12-10(14-7-2-3-7)13-6-8-4-5-9(17-8)18(11,15)16;/h4-5,7H,2-3,6H2,1H3,(H2,11,15,16)(H2,12,13,14);1H. The summed E-state index contributed by atoms with van der Waals surface area (Å²) < 4.78 is 22.4. The van der Waals surface area contributed by atoms with Gasteiger partial charge in [0.25, 0.3) is 0 Å². The van der Waals surface area contributed by atoms with Gasteiger partial charge in [-0.2, -0.15) is 0 Å². The van der Waals surface area contributed by atoms with Crippen LogP contribution in [0, 0.1) is 0 Å². The van der Waals surface area contributed by atoms with E-state index in [9.17, 15) is 8.42 Å². The molecule has 0 amide bonds. The molecule has 4 N–H and O–H groups in total. The Kier molecular flexibility index (Phi) is 6.02. The number of halogens is 1. The first kappa shape index (κ1) is 16.7. The second-order valence-electron chi connectivity index (χ2n) is 4.11. The zero-order valence-corrected chi connectivity index (χ0v) is 14.4. The van der Waals surface area contributed by atoms with Gasteiger partial charge in [-0.05, 0) is 25.0 Å². The van der Waals surface area contributed by atoms with Gasteiger partial charge in [-0.25, -0.2) is 13.6 Å². The van der Waals surface area contributed by atoms with Crippen molar-refractivity contribution in [3.8, 4) is 0 Å². The van der Waals surface area contributed by atoms with E-state index in [1.54, 1.807) is 13.1 Å². The largest absolute Gasteiger partial charge is 0.354 e. The molecular formula is C10H17IN4O2S2. The lowest BCUT2D eigenvalue weighted by molar-refractivity contribution is 0.600. The fourth-order valence-electron chi connectivity index (χ4n) is 1.39. The van der Waals surface area contributed by atoms with E-state index in [2.05, 4.69) is 15.6 Å². The van der Waals surface area contributed by atoms with Crippen molar-refractivity contribution in [3.63, 3.8) is 0 Å². The Bertz CT molecular complexity index is 552. The van der Waals surface area contributed by atoms with Crippen LogP contribution >= 0.6 is 35.3 Å². The fraction of sp³-hybridized carbons (Fsp3) is 0.500. The first-order chi connectivity index (χ1) is 8.49. The minimum absolute atomic E-state index is 0. The molecule has 1 aliphatic rings. The second kappa shape index (κ2) is 6.86. The first-order valence-electron chi connectivity index (χ1n) is 5.58. The summed E-state index contributed by atoms with van der Waals surface area (Å²) in [6, 6.07) is 3.80. The second-order valence-corrected chi connectivity index (χ2v) is 7.07. The Balaban J connectivity index is 0.00000180. The number of rotatable bonds is 4. The van der Waals surface area contributed by atoms with Crippen LogP contribution in [0.5, 0.6) is 0 Å². The van der Waals surface area contributed by atoms with Gasteiger partial charge in [0.15, 0.2) is 5.96 Å². The lowest BCUT2D eigenvalue weighted by Gasteiger charge is -2.09. The molecule has 1 fully saturated rings. The van der Waals surface area contributed by atoms with E-state index in [-0.39, 0.29) is 28.2 Å². The van der Waals surface area contributed by atoms with E-state index in [0.29, 0.717) is 12.6 Å². The number of hydrogen-bond acceptors (Lipinski definition) is 4. The van der Waals surface area contributed by atoms with Crippen LogP contribution in [0.1, 0.15) is 17.7 Å². The zero-order chi connectivity index (χ0) is 13.2. The molecular weight excluding hydrogens is 399 g/mol. The highest BCUT2D eigenvalue weighted by atomic mass is 127. The third kappa shape index (κ3) is 5.24. The number of guanidine groups is 1. The highest BCUT2D eigenvalue weighted by Gasteiger charge is 2.22. The molecule has 2 rings (SSSR count). The Hall–Kier alpha value is -0.390. The van der Waals surface area contributed by atoms with E-state index in [1.807, 2.05) is 0 Å². The summed E-state index contributed by atoms with van der Waals surface area (Å²) >= 11 is 1.17. The molecule has 0 spiro atoms. The SMILES string of the molecule is CN=C(NCc1ccc(S(N)(=O)=O)s1)NC1CC1.I. The molecule has 1 saturated carbocycles. The molecule has 0 bridgehead atoms. The van der Waals surface area contributed by atoms with Crippen molar-refractivity contribution in [2.24, 2.45) is 10.1 Å². The average molecular weight is 416 g/mol. The topological polar surface area (TPSA) is 96.6 Å². The summed E-state index contributed by atoms with van der Waals surface area (Å²) in [7, 11) is -1.88. The van der Waals surface area contributed by atoms with E-state index in [0.717, 1.165) is 10.8 Å². The van der Waals surface area contributed by atoms with Crippen LogP contribution in [0.25, 0.3) is 0 Å². The van der Waals surface area contributed by atoms with Crippen LogP contribution in [0.15, 0.2) is 21.3 Å². The number of thiophene rings is 1. The normalized spacial score (nSPS) is 15.8. The van der Waals surface area contributed by atoms with Crippen LogP contribution in [0.4, 0.5) is 0 Å². The maximum atomic E-state index is 11.1. The number of nitrogens with zero attached hydrogens (tertiary/aromatic N) is 1. The molecule has 0 atom stereocenters. The maximum Gasteiger partial charge on any atom is 0.247 e. The molecule has 0 unspecified atom stereocenters. The Morgan fingerprint density at radius 3 is 2.68 bits per heavy atom. The fourth-order valence-corrected chi connectivity index (χ4v) is 3.11. The molecule has 1 aromatic rings. The van der Waals surface area contributed by atoms with E-state index in [4.69, 9.17) is 5.14 Å². The third-order valence-corrected chi connectivity index (χ3v) is 5.01. The molecule has 0 radical (unpaired) electrons. The first-order valence-corrected chi connectivity index (χ1v) is 7.94. The van der Waals surface area contributed by atoms with Crippen molar-refractivity contribution in [1.29, 1.82) is 0 Å². The number of nitrogens with two attached hydrogens (primary N) is 1. The van der Waals surface area contributed by atoms with Crippen molar-refractivity contribution < 1.29 is 8.42 Å². The molecule has 0 saturated heterocycles. The molecule has 1 aromatic heterocycles.